The number of carboxylic acids is 1. The van der Waals surface area contributed by atoms with E-state index in [4.69, 9.17) is 5.11 Å². The van der Waals surface area contributed by atoms with E-state index in [1.54, 1.807) is 11.6 Å². The number of rotatable bonds is 4. The third kappa shape index (κ3) is 2.74. The number of nitrogens with zero attached hydrogens (tertiary/aromatic N) is 3. The topological polar surface area (TPSA) is 68.0 Å². The summed E-state index contributed by atoms with van der Waals surface area (Å²) in [5, 5.41) is 13.0. The van der Waals surface area contributed by atoms with Gasteiger partial charge in [0.2, 0.25) is 0 Å². The summed E-state index contributed by atoms with van der Waals surface area (Å²) in [5.74, 6) is 0.504. The van der Waals surface area contributed by atoms with Crippen molar-refractivity contribution >= 4 is 5.97 Å². The minimum Gasteiger partial charge on any atom is -0.481 e. The lowest BCUT2D eigenvalue weighted by molar-refractivity contribution is -0.137. The molecule has 0 fully saturated rings. The molecule has 0 amide bonds. The summed E-state index contributed by atoms with van der Waals surface area (Å²) >= 11 is 0. The van der Waals surface area contributed by atoms with E-state index in [-0.39, 0.29) is 6.42 Å². The van der Waals surface area contributed by atoms with Crippen molar-refractivity contribution < 1.29 is 9.90 Å². The highest BCUT2D eigenvalue weighted by Crippen LogP contribution is 2.13. The van der Waals surface area contributed by atoms with Crippen molar-refractivity contribution in [1.29, 1.82) is 0 Å². The van der Waals surface area contributed by atoms with Crippen LogP contribution in [0.25, 0.3) is 5.69 Å². The van der Waals surface area contributed by atoms with Crippen LogP contribution in [0.2, 0.25) is 0 Å². The Morgan fingerprint density at radius 3 is 2.83 bits per heavy atom. The quantitative estimate of drug-likeness (QED) is 0.893. The maximum atomic E-state index is 10.6. The molecule has 0 atom stereocenters. The van der Waals surface area contributed by atoms with Crippen molar-refractivity contribution in [2.24, 2.45) is 0 Å². The molecule has 0 bridgehead atoms. The van der Waals surface area contributed by atoms with Crippen LogP contribution in [-0.2, 0) is 11.2 Å². The fourth-order valence-corrected chi connectivity index (χ4v) is 1.81. The Balaban J connectivity index is 2.35. The van der Waals surface area contributed by atoms with Crippen LogP contribution in [-0.4, -0.2) is 25.8 Å². The van der Waals surface area contributed by atoms with Crippen LogP contribution in [0.15, 0.2) is 24.3 Å². The predicted octanol–water partition coefficient (Wildman–Crippen LogP) is 1.90. The molecular weight excluding hydrogens is 230 g/mol. The molecule has 1 N–H and O–H groups in total. The average Bonchev–Trinajstić information content (AvgIpc) is 2.68. The summed E-state index contributed by atoms with van der Waals surface area (Å²) in [6, 6.07) is 7.89. The molecule has 0 aliphatic carbocycles. The molecule has 2 rings (SSSR count). The maximum Gasteiger partial charge on any atom is 0.303 e. The predicted molar refractivity (Wildman–Crippen MR) is 66.8 cm³/mol. The van der Waals surface area contributed by atoms with E-state index in [0.29, 0.717) is 18.1 Å². The number of hydrogen-bond donors (Lipinski definition) is 1. The van der Waals surface area contributed by atoms with Gasteiger partial charge in [-0.05, 0) is 31.5 Å². The van der Waals surface area contributed by atoms with Crippen LogP contribution in [0.1, 0.15) is 23.6 Å². The van der Waals surface area contributed by atoms with Crippen LogP contribution < -0.4 is 0 Å². The first kappa shape index (κ1) is 12.3. The smallest absolute Gasteiger partial charge is 0.303 e. The number of carbonyl (C=O) groups is 1. The molecule has 1 aromatic heterocycles. The minimum absolute atomic E-state index is 0.0595. The van der Waals surface area contributed by atoms with Gasteiger partial charge >= 0.3 is 5.97 Å². The van der Waals surface area contributed by atoms with E-state index in [1.807, 2.05) is 31.2 Å². The molecule has 1 aromatic carbocycles. The molecule has 2 aromatic rings. The van der Waals surface area contributed by atoms with Crippen LogP contribution >= 0.6 is 0 Å². The summed E-state index contributed by atoms with van der Waals surface area (Å²) < 4.78 is 1.71. The molecule has 94 valence electrons. The number of aromatic nitrogens is 3. The van der Waals surface area contributed by atoms with E-state index in [0.717, 1.165) is 11.3 Å². The maximum absolute atomic E-state index is 10.6. The Morgan fingerprint density at radius 1 is 1.39 bits per heavy atom. The largest absolute Gasteiger partial charge is 0.481 e. The molecule has 0 saturated heterocycles. The zero-order valence-corrected chi connectivity index (χ0v) is 10.4. The fourth-order valence-electron chi connectivity index (χ4n) is 1.81. The number of aryl methyl sites for hydroxylation is 3. The van der Waals surface area contributed by atoms with Gasteiger partial charge in [-0.25, -0.2) is 9.67 Å². The Kier molecular flexibility index (Phi) is 3.41. The Labute approximate surface area is 105 Å². The number of hydrogen-bond acceptors (Lipinski definition) is 3. The summed E-state index contributed by atoms with van der Waals surface area (Å²) in [6.07, 6.45) is 0.439. The van der Waals surface area contributed by atoms with Gasteiger partial charge in [0.1, 0.15) is 11.6 Å². The molecule has 0 unspecified atom stereocenters. The van der Waals surface area contributed by atoms with Gasteiger partial charge in [-0.1, -0.05) is 12.1 Å². The number of benzene rings is 1. The number of carboxylic acid groups (broad SMARTS) is 1. The highest BCUT2D eigenvalue weighted by Gasteiger charge is 2.10. The molecule has 0 aliphatic rings. The molecule has 5 heteroatoms. The fraction of sp³-hybridized carbons (Fsp3) is 0.308. The van der Waals surface area contributed by atoms with Gasteiger partial charge in [0.25, 0.3) is 0 Å². The van der Waals surface area contributed by atoms with E-state index < -0.39 is 5.97 Å². The van der Waals surface area contributed by atoms with Crippen LogP contribution in [0.3, 0.4) is 0 Å². The Hall–Kier alpha value is -2.17. The van der Waals surface area contributed by atoms with Gasteiger partial charge < -0.3 is 5.11 Å². The van der Waals surface area contributed by atoms with E-state index >= 15 is 0 Å². The van der Waals surface area contributed by atoms with Crippen LogP contribution in [0.4, 0.5) is 0 Å². The van der Waals surface area contributed by atoms with Crippen molar-refractivity contribution in [3.8, 4) is 5.69 Å². The van der Waals surface area contributed by atoms with Crippen molar-refractivity contribution in [2.45, 2.75) is 26.7 Å². The summed E-state index contributed by atoms with van der Waals surface area (Å²) in [4.78, 5) is 14.9. The Morgan fingerprint density at radius 2 is 2.17 bits per heavy atom. The summed E-state index contributed by atoms with van der Waals surface area (Å²) in [6.45, 7) is 3.81. The molecule has 18 heavy (non-hydrogen) atoms. The SMILES string of the molecule is Cc1cccc(-n2nc(C)nc2CCC(=O)O)c1. The van der Waals surface area contributed by atoms with Gasteiger partial charge in [-0.2, -0.15) is 5.10 Å². The lowest BCUT2D eigenvalue weighted by Gasteiger charge is -2.05. The molecular formula is C13H15N3O2. The molecule has 0 aliphatic heterocycles. The molecule has 0 radical (unpaired) electrons. The second-order valence-electron chi connectivity index (χ2n) is 4.22. The molecule has 0 saturated carbocycles. The monoisotopic (exact) mass is 245 g/mol. The van der Waals surface area contributed by atoms with Crippen molar-refractivity contribution in [1.82, 2.24) is 14.8 Å². The molecule has 1 heterocycles. The zero-order valence-electron chi connectivity index (χ0n) is 10.4. The normalized spacial score (nSPS) is 10.6. The van der Waals surface area contributed by atoms with Gasteiger partial charge in [-0.15, -0.1) is 0 Å². The van der Waals surface area contributed by atoms with Crippen LogP contribution in [0, 0.1) is 13.8 Å². The minimum atomic E-state index is -0.827. The van der Waals surface area contributed by atoms with E-state index in [2.05, 4.69) is 10.1 Å². The first-order valence-electron chi connectivity index (χ1n) is 5.77. The van der Waals surface area contributed by atoms with E-state index in [1.165, 1.54) is 0 Å². The van der Waals surface area contributed by atoms with Gasteiger partial charge in [0.05, 0.1) is 12.1 Å². The van der Waals surface area contributed by atoms with Crippen molar-refractivity contribution in [3.63, 3.8) is 0 Å². The molecule has 0 spiro atoms. The first-order chi connectivity index (χ1) is 8.56. The first-order valence-corrected chi connectivity index (χ1v) is 5.77. The Bertz CT molecular complexity index is 575. The van der Waals surface area contributed by atoms with Crippen molar-refractivity contribution in [3.05, 3.63) is 41.5 Å². The zero-order chi connectivity index (χ0) is 13.1. The van der Waals surface area contributed by atoms with Crippen LogP contribution in [0.5, 0.6) is 0 Å². The standard InChI is InChI=1S/C13H15N3O2/c1-9-4-3-5-11(8-9)16-12(6-7-13(17)18)14-10(2)15-16/h3-5,8H,6-7H2,1-2H3,(H,17,18). The van der Waals surface area contributed by atoms with Gasteiger partial charge in [0.15, 0.2) is 0 Å². The summed E-state index contributed by atoms with van der Waals surface area (Å²) in [7, 11) is 0. The second-order valence-corrected chi connectivity index (χ2v) is 4.22. The second kappa shape index (κ2) is 5.00. The van der Waals surface area contributed by atoms with Gasteiger partial charge in [-0.3, -0.25) is 4.79 Å². The summed E-state index contributed by atoms with van der Waals surface area (Å²) in [5.41, 5.74) is 2.04. The van der Waals surface area contributed by atoms with E-state index in [9.17, 15) is 4.79 Å². The highest BCUT2D eigenvalue weighted by atomic mass is 16.4. The third-order valence-corrected chi connectivity index (χ3v) is 2.59. The third-order valence-electron chi connectivity index (χ3n) is 2.59. The molecule has 5 nitrogen and oxygen atoms in total. The van der Waals surface area contributed by atoms with Gasteiger partial charge in [0, 0.05) is 6.42 Å². The number of aliphatic carboxylic acids is 1. The average molecular weight is 245 g/mol. The lowest BCUT2D eigenvalue weighted by atomic mass is 10.2. The highest BCUT2D eigenvalue weighted by molar-refractivity contribution is 5.66. The van der Waals surface area contributed by atoms with Crippen molar-refractivity contribution in [2.75, 3.05) is 0 Å². The lowest BCUT2D eigenvalue weighted by Crippen LogP contribution is -2.06.